The van der Waals surface area contributed by atoms with Crippen LogP contribution < -0.4 is 4.74 Å². The number of ether oxygens (including phenoxy) is 4. The number of methoxy groups -OCH3 is 2. The van der Waals surface area contributed by atoms with Gasteiger partial charge in [0.05, 0.1) is 39.1 Å². The Balaban J connectivity index is 1.91. The zero-order valence-corrected chi connectivity index (χ0v) is 19.3. The van der Waals surface area contributed by atoms with E-state index in [1.165, 1.54) is 0 Å². The highest BCUT2D eigenvalue weighted by Crippen LogP contribution is 2.15. The molecule has 1 amide bonds. The zero-order valence-electron chi connectivity index (χ0n) is 19.3. The molecule has 1 N–H and O–H groups in total. The molecule has 0 spiro atoms. The van der Waals surface area contributed by atoms with Gasteiger partial charge in [0, 0.05) is 52.0 Å². The number of amides is 1. The fraction of sp³-hybridized carbons (Fsp3) is 0.696. The van der Waals surface area contributed by atoms with Gasteiger partial charge in [-0.2, -0.15) is 0 Å². The van der Waals surface area contributed by atoms with Crippen molar-refractivity contribution in [2.75, 3.05) is 73.4 Å². The number of morpholine rings is 1. The van der Waals surface area contributed by atoms with Crippen molar-refractivity contribution in [2.24, 2.45) is 5.92 Å². The number of aliphatic hydroxyl groups is 1. The highest BCUT2D eigenvalue weighted by molar-refractivity contribution is 5.94. The Bertz CT molecular complexity index is 639. The van der Waals surface area contributed by atoms with Gasteiger partial charge in [0.15, 0.2) is 0 Å². The maximum absolute atomic E-state index is 13.1. The first-order valence-corrected chi connectivity index (χ1v) is 10.9. The standard InChI is InChI=1S/C23H38N2O6/c1-18(2)16-30-17-20(26)13-24-9-12-31-22(14-24)15-25(10-11-28-3)23(27)19-5-7-21(29-4)8-6-19/h5-8,18,20,22,26H,9-17H2,1-4H3/t20-,22+/m0/s1. The lowest BCUT2D eigenvalue weighted by Crippen LogP contribution is -2.51. The number of β-amino-alcohol motifs (C(OH)–C–C–N with tert-alkyl or cyclic N) is 1. The zero-order chi connectivity index (χ0) is 22.6. The smallest absolute Gasteiger partial charge is 0.254 e. The van der Waals surface area contributed by atoms with Crippen molar-refractivity contribution in [3.8, 4) is 5.75 Å². The monoisotopic (exact) mass is 438 g/mol. The van der Waals surface area contributed by atoms with Crippen LogP contribution in [0, 0.1) is 5.92 Å². The molecule has 0 aliphatic carbocycles. The molecule has 0 saturated carbocycles. The van der Waals surface area contributed by atoms with E-state index in [9.17, 15) is 9.90 Å². The van der Waals surface area contributed by atoms with Gasteiger partial charge >= 0.3 is 0 Å². The molecule has 1 aromatic rings. The quantitative estimate of drug-likeness (QED) is 0.500. The Morgan fingerprint density at radius 1 is 1.26 bits per heavy atom. The minimum absolute atomic E-state index is 0.0671. The summed E-state index contributed by atoms with van der Waals surface area (Å²) in [6.07, 6.45) is -0.667. The van der Waals surface area contributed by atoms with Crippen LogP contribution in [0.3, 0.4) is 0 Å². The maximum atomic E-state index is 13.1. The first-order valence-electron chi connectivity index (χ1n) is 10.9. The highest BCUT2D eigenvalue weighted by atomic mass is 16.5. The van der Waals surface area contributed by atoms with Crippen molar-refractivity contribution >= 4 is 5.91 Å². The van der Waals surface area contributed by atoms with Crippen LogP contribution >= 0.6 is 0 Å². The lowest BCUT2D eigenvalue weighted by molar-refractivity contribution is -0.0605. The van der Waals surface area contributed by atoms with Crippen LogP contribution in [-0.4, -0.2) is 106 Å². The molecule has 31 heavy (non-hydrogen) atoms. The van der Waals surface area contributed by atoms with E-state index in [4.69, 9.17) is 18.9 Å². The minimum atomic E-state index is -0.539. The third-order valence-corrected chi connectivity index (χ3v) is 5.07. The van der Waals surface area contributed by atoms with Crippen molar-refractivity contribution in [2.45, 2.75) is 26.1 Å². The second-order valence-electron chi connectivity index (χ2n) is 8.31. The minimum Gasteiger partial charge on any atom is -0.497 e. The predicted molar refractivity (Wildman–Crippen MR) is 119 cm³/mol. The van der Waals surface area contributed by atoms with Crippen molar-refractivity contribution in [3.05, 3.63) is 29.8 Å². The number of nitrogens with zero attached hydrogens (tertiary/aromatic N) is 2. The van der Waals surface area contributed by atoms with Gasteiger partial charge in [0.25, 0.3) is 5.91 Å². The lowest BCUT2D eigenvalue weighted by atomic mass is 10.1. The molecule has 0 aromatic heterocycles. The Morgan fingerprint density at radius 2 is 2.00 bits per heavy atom. The van der Waals surface area contributed by atoms with Crippen molar-refractivity contribution < 1.29 is 28.8 Å². The maximum Gasteiger partial charge on any atom is 0.254 e. The van der Waals surface area contributed by atoms with Gasteiger partial charge in [-0.25, -0.2) is 0 Å². The average Bonchev–Trinajstić information content (AvgIpc) is 2.76. The second-order valence-corrected chi connectivity index (χ2v) is 8.31. The Kier molecular flexibility index (Phi) is 11.2. The summed E-state index contributed by atoms with van der Waals surface area (Å²) in [4.78, 5) is 17.0. The van der Waals surface area contributed by atoms with Crippen molar-refractivity contribution in [1.29, 1.82) is 0 Å². The molecule has 0 unspecified atom stereocenters. The van der Waals surface area contributed by atoms with Gasteiger partial charge in [0.1, 0.15) is 5.75 Å². The molecule has 1 aliphatic rings. The molecular formula is C23H38N2O6. The van der Waals surface area contributed by atoms with E-state index in [2.05, 4.69) is 18.7 Å². The van der Waals surface area contributed by atoms with E-state index < -0.39 is 6.10 Å². The number of aliphatic hydroxyl groups excluding tert-OH is 1. The molecule has 176 valence electrons. The molecular weight excluding hydrogens is 400 g/mol. The molecule has 2 rings (SSSR count). The number of hydrogen-bond acceptors (Lipinski definition) is 7. The summed E-state index contributed by atoms with van der Waals surface area (Å²) >= 11 is 0. The topological polar surface area (TPSA) is 80.7 Å². The van der Waals surface area contributed by atoms with Crippen LogP contribution in [0.1, 0.15) is 24.2 Å². The average molecular weight is 439 g/mol. The van der Waals surface area contributed by atoms with Crippen LogP contribution in [-0.2, 0) is 14.2 Å². The van der Waals surface area contributed by atoms with Gasteiger partial charge < -0.3 is 29.0 Å². The molecule has 1 heterocycles. The van der Waals surface area contributed by atoms with Crippen LogP contribution in [0.5, 0.6) is 5.75 Å². The van der Waals surface area contributed by atoms with Gasteiger partial charge in [-0.1, -0.05) is 13.8 Å². The van der Waals surface area contributed by atoms with Crippen LogP contribution in [0.4, 0.5) is 0 Å². The highest BCUT2D eigenvalue weighted by Gasteiger charge is 2.26. The summed E-state index contributed by atoms with van der Waals surface area (Å²) in [5.74, 6) is 1.09. The largest absolute Gasteiger partial charge is 0.497 e. The van der Waals surface area contributed by atoms with Gasteiger partial charge in [-0.3, -0.25) is 9.69 Å². The molecule has 0 bridgehead atoms. The molecule has 1 aromatic carbocycles. The molecule has 1 fully saturated rings. The summed E-state index contributed by atoms with van der Waals surface area (Å²) in [5.41, 5.74) is 0.599. The number of benzene rings is 1. The third-order valence-electron chi connectivity index (χ3n) is 5.07. The first-order chi connectivity index (χ1) is 14.9. The summed E-state index contributed by atoms with van der Waals surface area (Å²) in [5, 5.41) is 10.3. The number of hydrogen-bond donors (Lipinski definition) is 1. The second kappa shape index (κ2) is 13.6. The summed E-state index contributed by atoms with van der Waals surface area (Å²) in [7, 11) is 3.22. The van der Waals surface area contributed by atoms with E-state index in [1.807, 2.05) is 0 Å². The van der Waals surface area contributed by atoms with Gasteiger partial charge in [-0.15, -0.1) is 0 Å². The molecule has 1 saturated heterocycles. The molecule has 1 aliphatic heterocycles. The van der Waals surface area contributed by atoms with Gasteiger partial charge in [0.2, 0.25) is 0 Å². The number of carbonyl (C=O) groups is 1. The van der Waals surface area contributed by atoms with Gasteiger partial charge in [-0.05, 0) is 30.2 Å². The van der Waals surface area contributed by atoms with Crippen molar-refractivity contribution in [3.63, 3.8) is 0 Å². The summed E-state index contributed by atoms with van der Waals surface area (Å²) < 4.78 is 21.8. The van der Waals surface area contributed by atoms with Crippen LogP contribution in [0.2, 0.25) is 0 Å². The van der Waals surface area contributed by atoms with E-state index >= 15 is 0 Å². The Labute approximate surface area is 186 Å². The third kappa shape index (κ3) is 9.13. The number of carbonyl (C=O) groups excluding carboxylic acids is 1. The molecule has 0 radical (unpaired) electrons. The Hall–Kier alpha value is -1.71. The molecule has 2 atom stereocenters. The van der Waals surface area contributed by atoms with E-state index in [-0.39, 0.29) is 12.0 Å². The van der Waals surface area contributed by atoms with E-state index in [0.29, 0.717) is 69.8 Å². The number of rotatable bonds is 13. The predicted octanol–water partition coefficient (Wildman–Crippen LogP) is 1.52. The van der Waals surface area contributed by atoms with E-state index in [0.717, 1.165) is 6.54 Å². The van der Waals surface area contributed by atoms with Crippen molar-refractivity contribution in [1.82, 2.24) is 9.80 Å². The molecule has 8 nitrogen and oxygen atoms in total. The molecule has 8 heteroatoms. The lowest BCUT2D eigenvalue weighted by Gasteiger charge is -2.36. The SMILES string of the molecule is COCCN(C[C@H]1CN(C[C@H](O)COCC(C)C)CCO1)C(=O)c1ccc(OC)cc1. The van der Waals surface area contributed by atoms with E-state index in [1.54, 1.807) is 43.4 Å². The Morgan fingerprint density at radius 3 is 2.65 bits per heavy atom. The summed E-state index contributed by atoms with van der Waals surface area (Å²) in [6, 6.07) is 7.09. The first kappa shape index (κ1) is 25.5. The fourth-order valence-corrected chi connectivity index (χ4v) is 3.49. The summed E-state index contributed by atoms with van der Waals surface area (Å²) in [6.45, 7) is 9.04. The fourth-order valence-electron chi connectivity index (χ4n) is 3.49. The van der Waals surface area contributed by atoms with Crippen LogP contribution in [0.15, 0.2) is 24.3 Å². The van der Waals surface area contributed by atoms with Crippen LogP contribution in [0.25, 0.3) is 0 Å². The normalized spacial score (nSPS) is 18.2.